The summed E-state index contributed by atoms with van der Waals surface area (Å²) in [5, 5.41) is 11.5. The Bertz CT molecular complexity index is 1990. The smallest absolute Gasteiger partial charge is 0.338 e. The van der Waals surface area contributed by atoms with Crippen LogP contribution in [0.1, 0.15) is 29.7 Å². The van der Waals surface area contributed by atoms with Crippen molar-refractivity contribution >= 4 is 39.9 Å². The number of rotatable bonds is 6. The van der Waals surface area contributed by atoms with Gasteiger partial charge in [-0.3, -0.25) is 9.36 Å². The molecule has 1 unspecified atom stereocenters. The predicted molar refractivity (Wildman–Crippen MR) is 160 cm³/mol. The third kappa shape index (κ3) is 4.72. The van der Waals surface area contributed by atoms with Crippen LogP contribution in [0.2, 0.25) is 0 Å². The van der Waals surface area contributed by atoms with Crippen molar-refractivity contribution in [1.29, 1.82) is 0 Å². The first-order valence-electron chi connectivity index (χ1n) is 13.1. The largest absolute Gasteiger partial charge is 0.508 e. The lowest BCUT2D eigenvalue weighted by atomic mass is 9.89. The van der Waals surface area contributed by atoms with E-state index < -0.39 is 12.0 Å². The molecule has 41 heavy (non-hydrogen) atoms. The Hall–Kier alpha value is -4.95. The molecule has 0 spiro atoms. The van der Waals surface area contributed by atoms with Gasteiger partial charge in [0.25, 0.3) is 5.56 Å². The zero-order valence-electron chi connectivity index (χ0n) is 22.4. The van der Waals surface area contributed by atoms with Gasteiger partial charge in [-0.1, -0.05) is 84.1 Å². The molecule has 1 atom stereocenters. The van der Waals surface area contributed by atoms with Gasteiger partial charge in [-0.2, -0.15) is 0 Å². The van der Waals surface area contributed by atoms with Gasteiger partial charge in [0, 0.05) is 11.1 Å². The summed E-state index contributed by atoms with van der Waals surface area (Å²) in [6.45, 7) is 1.91. The Labute approximate surface area is 239 Å². The number of esters is 1. The molecule has 1 aliphatic rings. The van der Waals surface area contributed by atoms with Gasteiger partial charge in [0.05, 0.1) is 29.5 Å². The van der Waals surface area contributed by atoms with Crippen LogP contribution in [0.15, 0.2) is 106 Å². The second-order valence-electron chi connectivity index (χ2n) is 9.43. The molecular weight excluding hydrogens is 536 g/mol. The highest BCUT2D eigenvalue weighted by Crippen LogP contribution is 2.42. The molecule has 0 amide bonds. The van der Waals surface area contributed by atoms with Gasteiger partial charge >= 0.3 is 5.97 Å². The summed E-state index contributed by atoms with van der Waals surface area (Å²) in [5.74, 6) is 0.124. The number of methoxy groups -OCH3 is 1. The molecule has 0 radical (unpaired) electrons. The molecule has 0 saturated carbocycles. The SMILES string of the molecule is CCOC(=O)C1=C(c2ccccc2)N=c2sc(=Cc3ccc(O)cc3)c(=O)n2C1c1c(OC)ccc2ccccc12. The number of phenolic OH excluding ortho intramolecular Hbond substituents is 1. The molecule has 0 aliphatic carbocycles. The van der Waals surface area contributed by atoms with E-state index >= 15 is 0 Å². The minimum absolute atomic E-state index is 0.137. The van der Waals surface area contributed by atoms with Crippen LogP contribution < -0.4 is 19.6 Å². The first kappa shape index (κ1) is 26.3. The maximum absolute atomic E-state index is 14.2. The summed E-state index contributed by atoms with van der Waals surface area (Å²) in [4.78, 5) is 33.4. The van der Waals surface area contributed by atoms with Crippen LogP contribution in [-0.4, -0.2) is 29.4 Å². The molecule has 0 saturated heterocycles. The number of nitrogens with zero attached hydrogens (tertiary/aromatic N) is 2. The van der Waals surface area contributed by atoms with E-state index in [1.54, 1.807) is 48.9 Å². The number of benzene rings is 4. The van der Waals surface area contributed by atoms with Gasteiger partial charge < -0.3 is 14.6 Å². The molecular formula is C33H26N2O5S. The van der Waals surface area contributed by atoms with Crippen LogP contribution in [0, 0.1) is 0 Å². The Kier molecular flexibility index (Phi) is 6.99. The Morgan fingerprint density at radius 1 is 1.00 bits per heavy atom. The van der Waals surface area contributed by atoms with Crippen LogP contribution >= 0.6 is 11.3 Å². The van der Waals surface area contributed by atoms with Crippen molar-refractivity contribution in [2.24, 2.45) is 4.99 Å². The highest BCUT2D eigenvalue weighted by atomic mass is 32.1. The predicted octanol–water partition coefficient (Wildman–Crippen LogP) is 4.80. The van der Waals surface area contributed by atoms with E-state index in [1.807, 2.05) is 66.7 Å². The minimum Gasteiger partial charge on any atom is -0.508 e. The average molecular weight is 563 g/mol. The van der Waals surface area contributed by atoms with E-state index in [2.05, 4.69) is 0 Å². The van der Waals surface area contributed by atoms with E-state index in [9.17, 15) is 14.7 Å². The number of carbonyl (C=O) groups excluding carboxylic acids is 1. The van der Waals surface area contributed by atoms with Crippen LogP contribution in [-0.2, 0) is 9.53 Å². The fourth-order valence-electron chi connectivity index (χ4n) is 5.17. The molecule has 204 valence electrons. The first-order chi connectivity index (χ1) is 20.0. The summed E-state index contributed by atoms with van der Waals surface area (Å²) in [6, 6.07) is 26.8. The van der Waals surface area contributed by atoms with E-state index in [0.29, 0.717) is 26.3 Å². The molecule has 1 N–H and O–H groups in total. The number of aromatic hydroxyl groups is 1. The standard InChI is InChI=1S/C33H26N2O5S/c1-3-40-32(38)28-29(22-10-5-4-6-11-22)34-33-35(31(37)26(41-33)19-20-13-16-23(36)17-14-20)30(28)27-24-12-8-7-9-21(24)15-18-25(27)39-2/h4-19,30,36H,3H2,1-2H3. The van der Waals surface area contributed by atoms with Gasteiger partial charge in [-0.25, -0.2) is 9.79 Å². The van der Waals surface area contributed by atoms with Crippen LogP contribution in [0.4, 0.5) is 0 Å². The van der Waals surface area contributed by atoms with Crippen molar-refractivity contribution < 1.29 is 19.4 Å². The van der Waals surface area contributed by atoms with Gasteiger partial charge in [0.1, 0.15) is 17.5 Å². The maximum Gasteiger partial charge on any atom is 0.338 e. The molecule has 1 aromatic heterocycles. The lowest BCUT2D eigenvalue weighted by Crippen LogP contribution is -2.40. The van der Waals surface area contributed by atoms with Crippen LogP contribution in [0.3, 0.4) is 0 Å². The number of fused-ring (bicyclic) bond motifs is 2. The van der Waals surface area contributed by atoms with E-state index in [0.717, 1.165) is 21.9 Å². The molecule has 5 aromatic rings. The molecule has 4 aromatic carbocycles. The quantitative estimate of drug-likeness (QED) is 0.300. The molecule has 6 rings (SSSR count). The molecule has 1 aliphatic heterocycles. The summed E-state index contributed by atoms with van der Waals surface area (Å²) in [6.07, 6.45) is 1.76. The maximum atomic E-state index is 14.2. The monoisotopic (exact) mass is 562 g/mol. The molecule has 2 heterocycles. The molecule has 8 heteroatoms. The number of aromatic nitrogens is 1. The number of phenols is 1. The van der Waals surface area contributed by atoms with Gasteiger partial charge in [-0.15, -0.1) is 0 Å². The Morgan fingerprint density at radius 2 is 1.73 bits per heavy atom. The molecule has 7 nitrogen and oxygen atoms in total. The van der Waals surface area contributed by atoms with Gasteiger partial charge in [0.15, 0.2) is 4.80 Å². The average Bonchev–Trinajstić information content (AvgIpc) is 3.31. The van der Waals surface area contributed by atoms with Crippen LogP contribution in [0.25, 0.3) is 22.5 Å². The summed E-state index contributed by atoms with van der Waals surface area (Å²) in [7, 11) is 1.58. The summed E-state index contributed by atoms with van der Waals surface area (Å²) < 4.78 is 13.5. The number of thiazole rings is 1. The van der Waals surface area contributed by atoms with Crippen molar-refractivity contribution in [2.45, 2.75) is 13.0 Å². The zero-order chi connectivity index (χ0) is 28.5. The van der Waals surface area contributed by atoms with E-state index in [4.69, 9.17) is 14.5 Å². The number of hydrogen-bond donors (Lipinski definition) is 1. The number of carbonyl (C=O) groups is 1. The van der Waals surface area contributed by atoms with Gasteiger partial charge in [0.2, 0.25) is 0 Å². The van der Waals surface area contributed by atoms with Crippen molar-refractivity contribution in [3.05, 3.63) is 133 Å². The fourth-order valence-corrected chi connectivity index (χ4v) is 6.17. The lowest BCUT2D eigenvalue weighted by molar-refractivity contribution is -0.138. The zero-order valence-corrected chi connectivity index (χ0v) is 23.2. The summed E-state index contributed by atoms with van der Waals surface area (Å²) in [5.41, 5.74) is 2.57. The summed E-state index contributed by atoms with van der Waals surface area (Å²) >= 11 is 1.24. The van der Waals surface area contributed by atoms with Crippen molar-refractivity contribution in [1.82, 2.24) is 4.57 Å². The third-order valence-corrected chi connectivity index (χ3v) is 7.97. The third-order valence-electron chi connectivity index (χ3n) is 6.99. The van der Waals surface area contributed by atoms with E-state index in [-0.39, 0.29) is 23.5 Å². The second-order valence-corrected chi connectivity index (χ2v) is 10.4. The van der Waals surface area contributed by atoms with Crippen molar-refractivity contribution in [3.63, 3.8) is 0 Å². The number of hydrogen-bond acceptors (Lipinski definition) is 7. The van der Waals surface area contributed by atoms with Crippen LogP contribution in [0.5, 0.6) is 11.5 Å². The van der Waals surface area contributed by atoms with Crippen molar-refractivity contribution in [3.8, 4) is 11.5 Å². The normalized spacial score (nSPS) is 15.0. The minimum atomic E-state index is -0.872. The van der Waals surface area contributed by atoms with Crippen molar-refractivity contribution in [2.75, 3.05) is 13.7 Å². The van der Waals surface area contributed by atoms with E-state index in [1.165, 1.54) is 11.3 Å². The second kappa shape index (κ2) is 10.9. The number of ether oxygens (including phenoxy) is 2. The topological polar surface area (TPSA) is 90.1 Å². The fraction of sp³-hybridized carbons (Fsp3) is 0.121. The lowest BCUT2D eigenvalue weighted by Gasteiger charge is -2.28. The highest BCUT2D eigenvalue weighted by molar-refractivity contribution is 7.07. The molecule has 0 bridgehead atoms. The molecule has 0 fully saturated rings. The Morgan fingerprint density at radius 3 is 2.46 bits per heavy atom. The highest BCUT2D eigenvalue weighted by Gasteiger charge is 2.37. The first-order valence-corrected chi connectivity index (χ1v) is 13.9. The van der Waals surface area contributed by atoms with Gasteiger partial charge in [-0.05, 0) is 47.5 Å². The Balaban J connectivity index is 1.75.